The van der Waals surface area contributed by atoms with Gasteiger partial charge < -0.3 is 33.2 Å². The average molecular weight is 671 g/mol. The summed E-state index contributed by atoms with van der Waals surface area (Å²) in [6.07, 6.45) is 11.9. The Hall–Kier alpha value is -5.08. The monoisotopic (exact) mass is 670 g/mol. The molecule has 3 saturated heterocycles. The van der Waals surface area contributed by atoms with Gasteiger partial charge in [-0.15, -0.1) is 0 Å². The van der Waals surface area contributed by atoms with Gasteiger partial charge in [0.05, 0.1) is 19.8 Å². The summed E-state index contributed by atoms with van der Waals surface area (Å²) in [6.45, 7) is 15.8. The van der Waals surface area contributed by atoms with Crippen LogP contribution < -0.4 is 14.2 Å². The zero-order valence-corrected chi connectivity index (χ0v) is 28.6. The van der Waals surface area contributed by atoms with Crippen LogP contribution in [-0.2, 0) is 18.9 Å². The summed E-state index contributed by atoms with van der Waals surface area (Å²) in [5.74, 6) is 3.58. The molecule has 3 aliphatic rings. The second kappa shape index (κ2) is 15.2. The topological polar surface area (TPSA) is 74.5 Å². The number of epoxide rings is 3. The maximum Gasteiger partial charge on any atom is 0.128 e. The molecule has 4 aromatic rings. The molecule has 3 atom stereocenters. The maximum atomic E-state index is 6.51. The van der Waals surface area contributed by atoms with E-state index in [9.17, 15) is 0 Å². The first-order valence-electron chi connectivity index (χ1n) is 17.1. The molecular formula is C43H42O7. The van der Waals surface area contributed by atoms with Gasteiger partial charge in [-0.3, -0.25) is 0 Å². The molecule has 7 nitrogen and oxygen atoms in total. The lowest BCUT2D eigenvalue weighted by molar-refractivity contribution is 0.192. The number of hydrogen-bond donors (Lipinski definition) is 0. The Bertz CT molecular complexity index is 2020. The van der Waals surface area contributed by atoms with E-state index in [0.717, 1.165) is 80.9 Å². The van der Waals surface area contributed by atoms with Gasteiger partial charge in [0.15, 0.2) is 0 Å². The second-order valence-corrected chi connectivity index (χ2v) is 12.4. The molecule has 0 amide bonds. The van der Waals surface area contributed by atoms with Crippen molar-refractivity contribution in [2.45, 2.75) is 32.2 Å². The third kappa shape index (κ3) is 8.37. The fourth-order valence-corrected chi connectivity index (χ4v) is 5.68. The number of benzene rings is 4. The lowest BCUT2D eigenvalue weighted by atomic mass is 9.95. The molecular weight excluding hydrogens is 628 g/mol. The van der Waals surface area contributed by atoms with Gasteiger partial charge >= 0.3 is 0 Å². The van der Waals surface area contributed by atoms with Crippen LogP contribution in [0.1, 0.15) is 13.8 Å². The van der Waals surface area contributed by atoms with E-state index in [1.807, 2.05) is 62.4 Å². The minimum atomic E-state index is 0.121. The first kappa shape index (κ1) is 33.4. The first-order valence-corrected chi connectivity index (χ1v) is 17.1. The van der Waals surface area contributed by atoms with Gasteiger partial charge in [0.2, 0.25) is 0 Å². The normalized spacial score (nSPS) is 20.4. The van der Waals surface area contributed by atoms with Gasteiger partial charge in [0.1, 0.15) is 66.9 Å². The SMILES string of the molecule is C=CC(=C/C)/C(=C\C(=C/C)OCC1CO1)/C=C(\C=C)Oc1ccc2ccc(OCC3CO3)c(-c3ccc4ccc(OCC5CO5)cc4c3)c2c1. The Morgan fingerprint density at radius 3 is 2.04 bits per heavy atom. The van der Waals surface area contributed by atoms with Crippen LogP contribution in [-0.4, -0.2) is 58.0 Å². The van der Waals surface area contributed by atoms with Gasteiger partial charge in [0, 0.05) is 5.56 Å². The van der Waals surface area contributed by atoms with Crippen LogP contribution in [0.5, 0.6) is 17.2 Å². The highest BCUT2D eigenvalue weighted by atomic mass is 16.6. The lowest BCUT2D eigenvalue weighted by Gasteiger charge is -2.17. The summed E-state index contributed by atoms with van der Waals surface area (Å²) in [4.78, 5) is 0. The van der Waals surface area contributed by atoms with Gasteiger partial charge in [-0.25, -0.2) is 0 Å². The van der Waals surface area contributed by atoms with Crippen molar-refractivity contribution in [2.24, 2.45) is 0 Å². The van der Waals surface area contributed by atoms with Crippen molar-refractivity contribution in [3.05, 3.63) is 139 Å². The van der Waals surface area contributed by atoms with Gasteiger partial charge in [-0.1, -0.05) is 55.6 Å². The Morgan fingerprint density at radius 1 is 0.660 bits per heavy atom. The lowest BCUT2D eigenvalue weighted by Crippen LogP contribution is -2.05. The van der Waals surface area contributed by atoms with Crippen molar-refractivity contribution in [1.82, 2.24) is 0 Å². The zero-order valence-electron chi connectivity index (χ0n) is 28.6. The van der Waals surface area contributed by atoms with Crippen molar-refractivity contribution in [2.75, 3.05) is 39.6 Å². The predicted molar refractivity (Wildman–Crippen MR) is 198 cm³/mol. The number of allylic oxidation sites excluding steroid dienone is 8. The smallest absolute Gasteiger partial charge is 0.128 e. The third-order valence-electron chi connectivity index (χ3n) is 8.74. The minimum absolute atomic E-state index is 0.121. The van der Waals surface area contributed by atoms with E-state index in [4.69, 9.17) is 33.2 Å². The molecule has 0 saturated carbocycles. The largest absolute Gasteiger partial charge is 0.491 e. The molecule has 3 unspecified atom stereocenters. The van der Waals surface area contributed by atoms with Crippen LogP contribution in [0.25, 0.3) is 32.7 Å². The summed E-state index contributed by atoms with van der Waals surface area (Å²) in [5, 5.41) is 4.26. The highest BCUT2D eigenvalue weighted by Gasteiger charge is 2.25. The molecule has 0 bridgehead atoms. The van der Waals surface area contributed by atoms with Crippen LogP contribution in [0, 0.1) is 0 Å². The van der Waals surface area contributed by atoms with Crippen molar-refractivity contribution < 1.29 is 33.2 Å². The average Bonchev–Trinajstić information content (AvgIpc) is 3.99. The summed E-state index contributed by atoms with van der Waals surface area (Å²) in [5.41, 5.74) is 3.83. The fourth-order valence-electron chi connectivity index (χ4n) is 5.68. The van der Waals surface area contributed by atoms with E-state index < -0.39 is 0 Å². The molecule has 7 heteroatoms. The number of rotatable bonds is 17. The van der Waals surface area contributed by atoms with Crippen LogP contribution in [0.4, 0.5) is 0 Å². The van der Waals surface area contributed by atoms with E-state index in [1.54, 1.807) is 6.08 Å². The molecule has 256 valence electrons. The molecule has 0 spiro atoms. The molecule has 3 heterocycles. The van der Waals surface area contributed by atoms with Gasteiger partial charge in [0.25, 0.3) is 0 Å². The quantitative estimate of drug-likeness (QED) is 0.0631. The van der Waals surface area contributed by atoms with Gasteiger partial charge in [-0.2, -0.15) is 0 Å². The summed E-state index contributed by atoms with van der Waals surface area (Å²) in [6, 6.07) is 22.9. The van der Waals surface area contributed by atoms with Crippen LogP contribution >= 0.6 is 0 Å². The number of hydrogen-bond acceptors (Lipinski definition) is 7. The van der Waals surface area contributed by atoms with E-state index in [-0.39, 0.29) is 18.3 Å². The molecule has 0 N–H and O–H groups in total. The van der Waals surface area contributed by atoms with Crippen molar-refractivity contribution >= 4 is 21.5 Å². The van der Waals surface area contributed by atoms with Crippen LogP contribution in [0.15, 0.2) is 139 Å². The van der Waals surface area contributed by atoms with Gasteiger partial charge in [-0.05, 0) is 113 Å². The standard InChI is InChI=1S/C43H42O7/c1-5-28(6-2)33(18-34(7-3)44-22-38-24-46-38)19-35(8-4)50-37-15-12-30-13-16-42(49-27-40-26-48-40)43(41(30)21-37)31-10-9-29-11-14-36(20-32(29)17-31)45-23-39-25-47-39/h5-21,38-40H,1,4,22-27H2,2-3H3/b28-6-,33-18-,34-7+,35-19+. The fraction of sp³-hybridized carbons (Fsp3) is 0.256. The Balaban J connectivity index is 1.24. The number of ether oxygens (including phenoxy) is 7. The van der Waals surface area contributed by atoms with E-state index in [0.29, 0.717) is 31.3 Å². The summed E-state index contributed by atoms with van der Waals surface area (Å²) < 4.78 is 41.0. The first-order chi connectivity index (χ1) is 24.5. The molecule has 4 aromatic carbocycles. The highest BCUT2D eigenvalue weighted by Crippen LogP contribution is 2.41. The predicted octanol–water partition coefficient (Wildman–Crippen LogP) is 9.04. The van der Waals surface area contributed by atoms with Crippen molar-refractivity contribution in [1.29, 1.82) is 0 Å². The molecule has 0 aliphatic carbocycles. The van der Waals surface area contributed by atoms with E-state index in [2.05, 4.69) is 61.7 Å². The molecule has 0 radical (unpaired) electrons. The second-order valence-electron chi connectivity index (χ2n) is 12.4. The van der Waals surface area contributed by atoms with Crippen LogP contribution in [0.2, 0.25) is 0 Å². The zero-order chi connectivity index (χ0) is 34.5. The minimum Gasteiger partial charge on any atom is -0.491 e. The van der Waals surface area contributed by atoms with Crippen molar-refractivity contribution in [3.63, 3.8) is 0 Å². The molecule has 3 fully saturated rings. The molecule has 3 aliphatic heterocycles. The van der Waals surface area contributed by atoms with E-state index in [1.165, 1.54) is 0 Å². The van der Waals surface area contributed by atoms with Crippen LogP contribution in [0.3, 0.4) is 0 Å². The van der Waals surface area contributed by atoms with Crippen molar-refractivity contribution in [3.8, 4) is 28.4 Å². The Labute approximate surface area is 293 Å². The maximum absolute atomic E-state index is 6.51. The summed E-state index contributed by atoms with van der Waals surface area (Å²) in [7, 11) is 0. The number of fused-ring (bicyclic) bond motifs is 2. The highest BCUT2D eigenvalue weighted by molar-refractivity contribution is 6.02. The molecule has 50 heavy (non-hydrogen) atoms. The molecule has 7 rings (SSSR count). The summed E-state index contributed by atoms with van der Waals surface area (Å²) >= 11 is 0. The Morgan fingerprint density at radius 2 is 1.34 bits per heavy atom. The molecule has 0 aromatic heterocycles. The third-order valence-corrected chi connectivity index (χ3v) is 8.74. The Kier molecular flexibility index (Phi) is 10.2. The van der Waals surface area contributed by atoms with E-state index >= 15 is 0 Å².